The molecule has 2 aromatic heterocycles. The molecule has 0 bridgehead atoms. The summed E-state index contributed by atoms with van der Waals surface area (Å²) in [7, 11) is -0.812. The maximum atomic E-state index is 12.9. The van der Waals surface area contributed by atoms with Crippen LogP contribution in [0.5, 0.6) is 0 Å². The zero-order chi connectivity index (χ0) is 39.3. The van der Waals surface area contributed by atoms with Crippen LogP contribution in [0.25, 0.3) is 21.8 Å². The minimum absolute atomic E-state index is 0. The minimum Gasteiger partial charge on any atom is -0.412 e. The van der Waals surface area contributed by atoms with Crippen LogP contribution < -0.4 is 10.0 Å². The Balaban J connectivity index is 0.000000266. The Hall–Kier alpha value is -5.53. The molecule has 311 valence electrons. The van der Waals surface area contributed by atoms with Crippen molar-refractivity contribution in [3.63, 3.8) is 0 Å². The predicted octanol–water partition coefficient (Wildman–Crippen LogP) is 4.17. The van der Waals surface area contributed by atoms with Crippen LogP contribution >= 0.6 is 0 Å². The van der Waals surface area contributed by atoms with E-state index in [2.05, 4.69) is 32.1 Å². The average molecular weight is 862 g/mol. The zero-order valence-electron chi connectivity index (χ0n) is 31.9. The summed E-state index contributed by atoms with van der Waals surface area (Å²) in [5, 5.41) is 9.54. The molecule has 4 aromatic carbocycles. The van der Waals surface area contributed by atoms with Crippen LogP contribution in [0.15, 0.2) is 132 Å². The maximum absolute atomic E-state index is 12.9. The Bertz CT molecular complexity index is 2280. The molecular formula is C40H46CuN8O8S. The summed E-state index contributed by atoms with van der Waals surface area (Å²) in [6.07, 6.45) is 7.47. The quantitative estimate of drug-likeness (QED) is 0.107. The number of amides is 2. The van der Waals surface area contributed by atoms with Crippen molar-refractivity contribution in [3.8, 4) is 0 Å². The predicted molar refractivity (Wildman–Crippen MR) is 223 cm³/mol. The number of nitrogens with zero attached hydrogens (tertiary/aromatic N) is 6. The molecule has 0 aliphatic carbocycles. The number of fused-ring (bicyclic) bond motifs is 2. The summed E-state index contributed by atoms with van der Waals surface area (Å²) in [5.74, 6) is -0.00502. The first kappa shape index (κ1) is 46.8. The van der Waals surface area contributed by atoms with Gasteiger partial charge in [-0.25, -0.2) is 20.0 Å². The van der Waals surface area contributed by atoms with E-state index in [1.165, 1.54) is 0 Å². The van der Waals surface area contributed by atoms with Gasteiger partial charge in [0, 0.05) is 88.9 Å². The molecule has 1 radical (unpaired) electrons. The van der Waals surface area contributed by atoms with Crippen LogP contribution in [0.2, 0.25) is 0 Å². The normalized spacial score (nSPS) is 19.7. The molecule has 8 N–H and O–H groups in total. The number of para-hydroxylation sites is 4. The number of rotatable bonds is 6. The average Bonchev–Trinajstić information content (AvgIpc) is 3.89. The number of aliphatic imine (C=N–C) groups is 2. The number of nitrogens with one attached hydrogen (secondary N) is 2. The standard InChI is InChI=1S/2C20H20N4O.Cu.H2O4S.2H2O/c2*1-14-19(20(25)24(23(14)2)16-8-4-3-5-9-16)22-13-15-12-21-18-11-7-6-10-17(15)18;;1-5(2,3)4;;/h2*3-14,19,21H,1-2H3;;(H2,1,2,3,4);2*1H2. The molecule has 6 aromatic rings. The van der Waals surface area contributed by atoms with Gasteiger partial charge in [-0.05, 0) is 50.2 Å². The Morgan fingerprint density at radius 1 is 0.586 bits per heavy atom. The van der Waals surface area contributed by atoms with Crippen molar-refractivity contribution < 1.29 is 55.1 Å². The van der Waals surface area contributed by atoms with Gasteiger partial charge in [0.1, 0.15) is 12.1 Å². The number of aromatic amines is 2. The van der Waals surface area contributed by atoms with Gasteiger partial charge in [-0.2, -0.15) is 8.42 Å². The number of hydrazine groups is 2. The molecule has 2 aliphatic rings. The van der Waals surface area contributed by atoms with Crippen molar-refractivity contribution in [1.82, 2.24) is 20.0 Å². The first-order valence-corrected chi connectivity index (χ1v) is 18.8. The van der Waals surface area contributed by atoms with E-state index >= 15 is 0 Å². The Morgan fingerprint density at radius 3 is 1.24 bits per heavy atom. The molecule has 2 aliphatic heterocycles. The van der Waals surface area contributed by atoms with Crippen molar-refractivity contribution in [3.05, 3.63) is 133 Å². The van der Waals surface area contributed by atoms with E-state index in [1.807, 2.05) is 147 Å². The van der Waals surface area contributed by atoms with Crippen LogP contribution in [-0.4, -0.2) is 111 Å². The van der Waals surface area contributed by atoms with E-state index in [0.717, 1.165) is 44.3 Å². The van der Waals surface area contributed by atoms with E-state index in [4.69, 9.17) is 17.5 Å². The Morgan fingerprint density at radius 2 is 0.897 bits per heavy atom. The van der Waals surface area contributed by atoms with Crippen molar-refractivity contribution >= 4 is 67.8 Å². The van der Waals surface area contributed by atoms with Crippen molar-refractivity contribution in [2.45, 2.75) is 38.0 Å². The number of carbonyl (C=O) groups excluding carboxylic acids is 2. The van der Waals surface area contributed by atoms with Crippen LogP contribution in [-0.2, 0) is 37.1 Å². The Kier molecular flexibility index (Phi) is 16.4. The third-order valence-corrected chi connectivity index (χ3v) is 9.64. The monoisotopic (exact) mass is 861 g/mol. The molecule has 0 saturated carbocycles. The van der Waals surface area contributed by atoms with Crippen LogP contribution in [0.1, 0.15) is 25.0 Å². The SMILES string of the molecule is CC1C(N=Cc2c[nH]c3ccccc23)C(=O)N(c2ccccc2)N1C.CC1C(N=Cc2c[nH]c3ccccc23)C(=O)N(c2ccccc2)N1C.O.O.O=S(=O)(O)O.[Cu]. The molecule has 2 fully saturated rings. The van der Waals surface area contributed by atoms with Gasteiger partial charge in [-0.15, -0.1) is 0 Å². The summed E-state index contributed by atoms with van der Waals surface area (Å²) in [6, 6.07) is 34.7. The van der Waals surface area contributed by atoms with E-state index in [0.29, 0.717) is 0 Å². The molecule has 2 saturated heterocycles. The van der Waals surface area contributed by atoms with E-state index in [-0.39, 0.29) is 51.9 Å². The number of hydrogen-bond donors (Lipinski definition) is 4. The first-order chi connectivity index (χ1) is 26.3. The zero-order valence-corrected chi connectivity index (χ0v) is 33.7. The number of H-pyrrole nitrogens is 2. The van der Waals surface area contributed by atoms with E-state index in [1.54, 1.807) is 22.4 Å². The van der Waals surface area contributed by atoms with Crippen LogP contribution in [0.4, 0.5) is 11.4 Å². The number of hydrogen-bond acceptors (Lipinski definition) is 8. The van der Waals surface area contributed by atoms with Gasteiger partial charge in [0.05, 0.1) is 23.5 Å². The van der Waals surface area contributed by atoms with Gasteiger partial charge in [0.15, 0.2) is 0 Å². The first-order valence-electron chi connectivity index (χ1n) is 17.5. The topological polar surface area (TPSA) is 241 Å². The van der Waals surface area contributed by atoms with Gasteiger partial charge in [0.25, 0.3) is 11.8 Å². The number of aromatic nitrogens is 2. The van der Waals surface area contributed by atoms with Crippen molar-refractivity contribution in [2.75, 3.05) is 24.1 Å². The van der Waals surface area contributed by atoms with Crippen molar-refractivity contribution in [2.24, 2.45) is 9.98 Å². The largest absolute Gasteiger partial charge is 0.412 e. The van der Waals surface area contributed by atoms with Crippen LogP contribution in [0.3, 0.4) is 0 Å². The minimum atomic E-state index is -4.67. The molecule has 58 heavy (non-hydrogen) atoms. The number of benzene rings is 4. The van der Waals surface area contributed by atoms with Gasteiger partial charge < -0.3 is 20.9 Å². The van der Waals surface area contributed by atoms with E-state index in [9.17, 15) is 9.59 Å². The number of carbonyl (C=O) groups is 2. The third kappa shape index (κ3) is 10.5. The fourth-order valence-corrected chi connectivity index (χ4v) is 6.60. The van der Waals surface area contributed by atoms with Crippen molar-refractivity contribution in [1.29, 1.82) is 0 Å². The summed E-state index contributed by atoms with van der Waals surface area (Å²) < 4.78 is 31.6. The van der Waals surface area contributed by atoms with Gasteiger partial charge in [-0.1, -0.05) is 72.8 Å². The molecule has 2 amide bonds. The summed E-state index contributed by atoms with van der Waals surface area (Å²) in [6.45, 7) is 4.05. The molecular weight excluding hydrogens is 816 g/mol. The molecule has 0 spiro atoms. The number of likely N-dealkylation sites (N-methyl/N-ethyl adjacent to an activating group) is 2. The molecule has 4 atom stereocenters. The van der Waals surface area contributed by atoms with Gasteiger partial charge >= 0.3 is 10.4 Å². The molecule has 18 heteroatoms. The second kappa shape index (κ2) is 20.2. The molecule has 4 heterocycles. The second-order valence-electron chi connectivity index (χ2n) is 13.1. The summed E-state index contributed by atoms with van der Waals surface area (Å²) in [4.78, 5) is 41.5. The Labute approximate surface area is 346 Å². The molecule has 8 rings (SSSR count). The van der Waals surface area contributed by atoms with E-state index < -0.39 is 22.5 Å². The fraction of sp³-hybridized carbons (Fsp3) is 0.200. The van der Waals surface area contributed by atoms with Crippen LogP contribution in [0, 0.1) is 0 Å². The fourth-order valence-electron chi connectivity index (χ4n) is 6.60. The number of anilines is 2. The van der Waals surface area contributed by atoms with Gasteiger partial charge in [-0.3, -0.25) is 28.7 Å². The second-order valence-corrected chi connectivity index (χ2v) is 14.0. The van der Waals surface area contributed by atoms with Gasteiger partial charge in [0.2, 0.25) is 0 Å². The third-order valence-electron chi connectivity index (χ3n) is 9.64. The molecule has 4 unspecified atom stereocenters. The summed E-state index contributed by atoms with van der Waals surface area (Å²) >= 11 is 0. The smallest absolute Gasteiger partial charge is 0.394 e. The molecule has 16 nitrogen and oxygen atoms in total. The summed E-state index contributed by atoms with van der Waals surface area (Å²) in [5.41, 5.74) is 5.86. The maximum Gasteiger partial charge on any atom is 0.394 e.